The number of allylic oxidation sites excluding steroid dienone is 1. The minimum atomic E-state index is 1.03. The van der Waals surface area contributed by atoms with Crippen molar-refractivity contribution in [3.05, 3.63) is 218 Å². The molecule has 0 aliphatic heterocycles. The van der Waals surface area contributed by atoms with E-state index in [-0.39, 0.29) is 0 Å². The number of aromatic nitrogens is 3. The van der Waals surface area contributed by atoms with Crippen molar-refractivity contribution in [2.24, 2.45) is 0 Å². The van der Waals surface area contributed by atoms with Crippen molar-refractivity contribution in [3.63, 3.8) is 0 Å². The highest BCUT2D eigenvalue weighted by Crippen LogP contribution is 2.52. The lowest BCUT2D eigenvalue weighted by molar-refractivity contribution is 1.10. The molecule has 0 spiro atoms. The van der Waals surface area contributed by atoms with E-state index in [9.17, 15) is 0 Å². The van der Waals surface area contributed by atoms with Crippen LogP contribution in [0.5, 0.6) is 0 Å². The number of nitrogens with zero attached hydrogens (tertiary/aromatic N) is 4. The van der Waals surface area contributed by atoms with E-state index in [0.717, 1.165) is 83.9 Å². The largest absolute Gasteiger partial charge is 0.310 e. The van der Waals surface area contributed by atoms with Crippen LogP contribution in [0.1, 0.15) is 23.7 Å². The van der Waals surface area contributed by atoms with Crippen molar-refractivity contribution < 1.29 is 0 Å². The number of pyridine rings is 1. The minimum Gasteiger partial charge on any atom is -0.310 e. The number of rotatable bonds is 9. The maximum atomic E-state index is 4.75. The Morgan fingerprint density at radius 2 is 1.15 bits per heavy atom. The molecule has 10 rings (SSSR count). The van der Waals surface area contributed by atoms with Crippen molar-refractivity contribution in [3.8, 4) is 33.6 Å². The predicted octanol–water partition coefficient (Wildman–Crippen LogP) is 14.9. The second-order valence-electron chi connectivity index (χ2n) is 14.8. The predicted molar refractivity (Wildman–Crippen MR) is 250 cm³/mol. The second-order valence-corrected chi connectivity index (χ2v) is 14.8. The van der Waals surface area contributed by atoms with Crippen LogP contribution >= 0.6 is 0 Å². The Labute approximate surface area is 344 Å². The van der Waals surface area contributed by atoms with E-state index >= 15 is 0 Å². The maximum absolute atomic E-state index is 4.75. The lowest BCUT2D eigenvalue weighted by atomic mass is 9.86. The molecule has 0 saturated heterocycles. The first-order valence-electron chi connectivity index (χ1n) is 20.1. The number of fused-ring (bicyclic) bond motifs is 5. The van der Waals surface area contributed by atoms with Gasteiger partial charge in [0.05, 0.1) is 22.2 Å². The third-order valence-electron chi connectivity index (χ3n) is 11.4. The first kappa shape index (κ1) is 35.7. The van der Waals surface area contributed by atoms with Crippen molar-refractivity contribution in [2.75, 3.05) is 4.90 Å². The Kier molecular flexibility index (Phi) is 9.08. The summed E-state index contributed by atoms with van der Waals surface area (Å²) in [7, 11) is 0. The average Bonchev–Trinajstić information content (AvgIpc) is 3.81. The van der Waals surface area contributed by atoms with Gasteiger partial charge in [-0.15, -0.1) is 0 Å². The highest BCUT2D eigenvalue weighted by atomic mass is 15.1. The van der Waals surface area contributed by atoms with Crippen molar-refractivity contribution >= 4 is 61.9 Å². The zero-order valence-corrected chi connectivity index (χ0v) is 33.1. The molecule has 59 heavy (non-hydrogen) atoms. The molecule has 0 aliphatic rings. The van der Waals surface area contributed by atoms with Gasteiger partial charge in [0.15, 0.2) is 0 Å². The number of aryl methyl sites for hydroxylation is 1. The number of para-hydroxylation sites is 5. The molecule has 3 heterocycles. The molecular weight excluding hydrogens is 717 g/mol. The first-order chi connectivity index (χ1) is 29.2. The summed E-state index contributed by atoms with van der Waals surface area (Å²) < 4.78 is 4.87. The number of benzene rings is 7. The molecule has 0 radical (unpaired) electrons. The van der Waals surface area contributed by atoms with Crippen molar-refractivity contribution in [1.82, 2.24) is 14.1 Å². The minimum absolute atomic E-state index is 1.03. The summed E-state index contributed by atoms with van der Waals surface area (Å²) in [6.07, 6.45) is 10.3. The van der Waals surface area contributed by atoms with Gasteiger partial charge in [-0.3, -0.25) is 4.98 Å². The third kappa shape index (κ3) is 5.88. The van der Waals surface area contributed by atoms with E-state index in [1.807, 2.05) is 24.5 Å². The fraction of sp³-hybridized carbons (Fsp3) is 0.0364. The summed E-state index contributed by atoms with van der Waals surface area (Å²) >= 11 is 0. The second kappa shape index (κ2) is 15.0. The Bertz CT molecular complexity index is 3120. The molecule has 3 aromatic heterocycles. The van der Waals surface area contributed by atoms with Gasteiger partial charge < -0.3 is 14.0 Å². The van der Waals surface area contributed by atoms with Gasteiger partial charge >= 0.3 is 0 Å². The van der Waals surface area contributed by atoms with E-state index in [4.69, 9.17) is 4.98 Å². The van der Waals surface area contributed by atoms with E-state index < -0.39 is 0 Å². The lowest BCUT2D eigenvalue weighted by Gasteiger charge is -2.27. The summed E-state index contributed by atoms with van der Waals surface area (Å²) in [6, 6.07) is 62.8. The van der Waals surface area contributed by atoms with Crippen LogP contribution in [0.4, 0.5) is 17.1 Å². The van der Waals surface area contributed by atoms with E-state index in [1.165, 1.54) is 16.3 Å². The molecule has 10 aromatic rings. The molecule has 0 atom stereocenters. The molecule has 0 saturated carbocycles. The van der Waals surface area contributed by atoms with Gasteiger partial charge in [-0.25, -0.2) is 0 Å². The van der Waals surface area contributed by atoms with Crippen LogP contribution in [0.25, 0.3) is 78.5 Å². The molecule has 0 unspecified atom stereocenters. The summed E-state index contributed by atoms with van der Waals surface area (Å²) in [5.74, 6) is 0. The molecule has 0 fully saturated rings. The fourth-order valence-corrected chi connectivity index (χ4v) is 9.01. The van der Waals surface area contributed by atoms with Gasteiger partial charge in [0.2, 0.25) is 0 Å². The number of anilines is 3. The molecule has 4 nitrogen and oxygen atoms in total. The summed E-state index contributed by atoms with van der Waals surface area (Å²) in [5, 5.41) is 3.51. The van der Waals surface area contributed by atoms with Gasteiger partial charge in [-0.1, -0.05) is 122 Å². The SMILES string of the molecule is C=Cc1c(/C=C\C)c2c(-c3cccnc3)c(-c3ccc(N(c4ccccc4)c4ccccc4)c(C)c3)c3c4ccccc4n(-c4ccccc4)c3c2n1-c1ccccc1. The lowest BCUT2D eigenvalue weighted by Crippen LogP contribution is -2.11. The first-order valence-corrected chi connectivity index (χ1v) is 20.1. The summed E-state index contributed by atoms with van der Waals surface area (Å²) in [5.41, 5.74) is 16.7. The van der Waals surface area contributed by atoms with Crippen molar-refractivity contribution in [1.29, 1.82) is 0 Å². The number of hydrogen-bond acceptors (Lipinski definition) is 2. The smallest absolute Gasteiger partial charge is 0.0795 e. The normalized spacial score (nSPS) is 11.6. The Morgan fingerprint density at radius 3 is 1.75 bits per heavy atom. The standard InChI is InChI=1S/C55H42N4/c1-4-21-45-47(5-2)58(43-27-14-8-15-28-43)54-52(45)51(40-22-20-35-56-37-40)50(53-46-31-18-19-32-49(46)59(55(53)54)44-29-16-9-17-30-44)39-33-34-48(38(3)36-39)57(41-23-10-6-11-24-41)42-25-12-7-13-26-42/h4-37H,2H2,1,3H3/b21-4-. The van der Waals surface area contributed by atoms with Gasteiger partial charge in [0, 0.05) is 79.2 Å². The van der Waals surface area contributed by atoms with E-state index in [0.29, 0.717) is 0 Å². The van der Waals surface area contributed by atoms with Crippen LogP contribution < -0.4 is 4.90 Å². The monoisotopic (exact) mass is 758 g/mol. The zero-order chi connectivity index (χ0) is 39.9. The summed E-state index contributed by atoms with van der Waals surface area (Å²) in [4.78, 5) is 7.10. The highest BCUT2D eigenvalue weighted by Gasteiger charge is 2.30. The average molecular weight is 759 g/mol. The third-order valence-corrected chi connectivity index (χ3v) is 11.4. The molecule has 4 heteroatoms. The highest BCUT2D eigenvalue weighted by molar-refractivity contribution is 6.30. The molecule has 0 amide bonds. The quantitative estimate of drug-likeness (QED) is 0.146. The van der Waals surface area contributed by atoms with Gasteiger partial charge in [-0.2, -0.15) is 0 Å². The Hall–Kier alpha value is -7.69. The Balaban J connectivity index is 1.42. The van der Waals surface area contributed by atoms with Crippen LogP contribution in [-0.4, -0.2) is 14.1 Å². The zero-order valence-electron chi connectivity index (χ0n) is 33.1. The van der Waals surface area contributed by atoms with E-state index in [1.54, 1.807) is 0 Å². The molecule has 0 N–H and O–H groups in total. The Morgan fingerprint density at radius 1 is 0.576 bits per heavy atom. The fourth-order valence-electron chi connectivity index (χ4n) is 9.01. The number of hydrogen-bond donors (Lipinski definition) is 0. The molecule has 7 aromatic carbocycles. The van der Waals surface area contributed by atoms with Crippen LogP contribution in [0.3, 0.4) is 0 Å². The molecule has 282 valence electrons. The van der Waals surface area contributed by atoms with Gasteiger partial charge in [0.25, 0.3) is 0 Å². The summed E-state index contributed by atoms with van der Waals surface area (Å²) in [6.45, 7) is 8.78. The van der Waals surface area contributed by atoms with Gasteiger partial charge in [-0.05, 0) is 104 Å². The van der Waals surface area contributed by atoms with Crippen molar-refractivity contribution in [2.45, 2.75) is 13.8 Å². The van der Waals surface area contributed by atoms with Crippen LogP contribution in [-0.2, 0) is 0 Å². The van der Waals surface area contributed by atoms with Crippen LogP contribution in [0, 0.1) is 6.92 Å². The molecular formula is C55H42N4. The molecule has 0 bridgehead atoms. The van der Waals surface area contributed by atoms with Gasteiger partial charge in [0.1, 0.15) is 0 Å². The van der Waals surface area contributed by atoms with E-state index in [2.05, 4.69) is 216 Å². The van der Waals surface area contributed by atoms with Crippen LogP contribution in [0.2, 0.25) is 0 Å². The molecule has 0 aliphatic carbocycles. The van der Waals surface area contributed by atoms with Crippen LogP contribution in [0.15, 0.2) is 201 Å². The topological polar surface area (TPSA) is 26.0 Å². The maximum Gasteiger partial charge on any atom is 0.0795 e.